The molecule has 2 aromatic carbocycles. The molecule has 1 saturated heterocycles. The number of nitrogens with zero attached hydrogens (tertiary/aromatic N) is 2. The Morgan fingerprint density at radius 1 is 1.00 bits per heavy atom. The van der Waals surface area contributed by atoms with Crippen LogP contribution in [0.4, 0.5) is 0 Å². The molecule has 1 aromatic heterocycles. The van der Waals surface area contributed by atoms with Crippen LogP contribution in [0, 0.1) is 0 Å². The van der Waals surface area contributed by atoms with Crippen molar-refractivity contribution in [3.05, 3.63) is 60.3 Å². The number of benzene rings is 2. The van der Waals surface area contributed by atoms with Crippen molar-refractivity contribution in [1.29, 1.82) is 0 Å². The first-order chi connectivity index (χ1) is 14.8. The Balaban J connectivity index is 1.57. The van der Waals surface area contributed by atoms with Gasteiger partial charge in [-0.15, -0.1) is 0 Å². The van der Waals surface area contributed by atoms with Crippen molar-refractivity contribution in [2.24, 2.45) is 0 Å². The SMILES string of the molecule is O=C(O)CCC(=O)Cn1ccc2ccc(-c3cccc(CN4CCCS4(=O)=O)c3)cc21. The van der Waals surface area contributed by atoms with Crippen LogP contribution in [-0.4, -0.2) is 46.4 Å². The first-order valence-corrected chi connectivity index (χ1v) is 11.8. The van der Waals surface area contributed by atoms with E-state index in [9.17, 15) is 18.0 Å². The van der Waals surface area contributed by atoms with Gasteiger partial charge in [-0.1, -0.05) is 30.3 Å². The molecule has 0 aliphatic carbocycles. The lowest BCUT2D eigenvalue weighted by Crippen LogP contribution is -2.25. The van der Waals surface area contributed by atoms with E-state index in [2.05, 4.69) is 0 Å². The standard InChI is InChI=1S/C23H24N2O5S/c26-21(7-8-23(27)28)16-24-11-9-18-5-6-20(14-22(18)24)19-4-1-3-17(13-19)15-25-10-2-12-31(25,29)30/h1,3-6,9,11,13-14H,2,7-8,10,12,15-16H2,(H,27,28). The molecule has 31 heavy (non-hydrogen) atoms. The van der Waals surface area contributed by atoms with E-state index in [0.29, 0.717) is 19.5 Å². The number of carboxylic acid groups (broad SMARTS) is 1. The van der Waals surface area contributed by atoms with Crippen molar-refractivity contribution in [2.45, 2.75) is 32.4 Å². The zero-order chi connectivity index (χ0) is 22.0. The van der Waals surface area contributed by atoms with E-state index in [0.717, 1.165) is 27.6 Å². The molecule has 3 aromatic rings. The van der Waals surface area contributed by atoms with Crippen molar-refractivity contribution in [3.8, 4) is 11.1 Å². The summed E-state index contributed by atoms with van der Waals surface area (Å²) in [7, 11) is -3.15. The lowest BCUT2D eigenvalue weighted by molar-refractivity contribution is -0.138. The topological polar surface area (TPSA) is 96.7 Å². The summed E-state index contributed by atoms with van der Waals surface area (Å²) in [6, 6.07) is 15.8. The van der Waals surface area contributed by atoms with Crippen LogP contribution in [0.3, 0.4) is 0 Å². The summed E-state index contributed by atoms with van der Waals surface area (Å²) in [6.07, 6.45) is 2.35. The van der Waals surface area contributed by atoms with E-state index in [-0.39, 0.29) is 30.9 Å². The summed E-state index contributed by atoms with van der Waals surface area (Å²) < 4.78 is 27.6. The van der Waals surface area contributed by atoms with Crippen LogP contribution in [0.15, 0.2) is 54.7 Å². The molecule has 0 amide bonds. The maximum Gasteiger partial charge on any atom is 0.303 e. The molecule has 0 atom stereocenters. The fourth-order valence-corrected chi connectivity index (χ4v) is 5.44. The highest BCUT2D eigenvalue weighted by Gasteiger charge is 2.28. The average molecular weight is 441 g/mol. The van der Waals surface area contributed by atoms with Gasteiger partial charge in [0.15, 0.2) is 5.78 Å². The summed E-state index contributed by atoms with van der Waals surface area (Å²) in [5.74, 6) is -0.889. The van der Waals surface area contributed by atoms with Crippen molar-refractivity contribution in [3.63, 3.8) is 0 Å². The minimum absolute atomic E-state index is 0.0101. The number of rotatable bonds is 8. The summed E-state index contributed by atoms with van der Waals surface area (Å²) >= 11 is 0. The van der Waals surface area contributed by atoms with Crippen molar-refractivity contribution < 1.29 is 23.1 Å². The average Bonchev–Trinajstić information content (AvgIpc) is 3.29. The Hall–Kier alpha value is -2.97. The maximum atomic E-state index is 12.1. The van der Waals surface area contributed by atoms with Crippen LogP contribution < -0.4 is 0 Å². The molecule has 2 heterocycles. The maximum absolute atomic E-state index is 12.1. The number of carbonyl (C=O) groups is 2. The van der Waals surface area contributed by atoms with Crippen molar-refractivity contribution in [1.82, 2.24) is 8.87 Å². The van der Waals surface area contributed by atoms with Gasteiger partial charge in [0, 0.05) is 31.2 Å². The smallest absolute Gasteiger partial charge is 0.303 e. The molecule has 4 rings (SSSR count). The molecule has 162 valence electrons. The number of hydrogen-bond donors (Lipinski definition) is 1. The molecular formula is C23H24N2O5S. The number of hydrogen-bond acceptors (Lipinski definition) is 4. The summed E-state index contributed by atoms with van der Waals surface area (Å²) in [5.41, 5.74) is 3.77. The normalized spacial score (nSPS) is 16.0. The zero-order valence-corrected chi connectivity index (χ0v) is 17.8. The first kappa shape index (κ1) is 21.3. The van der Waals surface area contributed by atoms with Gasteiger partial charge in [0.05, 0.1) is 18.7 Å². The molecular weight excluding hydrogens is 416 g/mol. The summed E-state index contributed by atoms with van der Waals surface area (Å²) in [4.78, 5) is 22.8. The molecule has 0 unspecified atom stereocenters. The van der Waals surface area contributed by atoms with Gasteiger partial charge in [-0.25, -0.2) is 8.42 Å². The largest absolute Gasteiger partial charge is 0.481 e. The molecule has 0 radical (unpaired) electrons. The van der Waals surface area contributed by atoms with Crippen molar-refractivity contribution >= 4 is 32.7 Å². The minimum atomic E-state index is -3.15. The fraction of sp³-hybridized carbons (Fsp3) is 0.304. The van der Waals surface area contributed by atoms with Crippen LogP contribution in [0.25, 0.3) is 22.0 Å². The van der Waals surface area contributed by atoms with E-state index < -0.39 is 16.0 Å². The van der Waals surface area contributed by atoms with Crippen LogP contribution >= 0.6 is 0 Å². The zero-order valence-electron chi connectivity index (χ0n) is 17.0. The predicted octanol–water partition coefficient (Wildman–Crippen LogP) is 3.28. The second kappa shape index (κ2) is 8.64. The number of Topliss-reactive ketones (excluding diaryl/α,β-unsaturated/α-hetero) is 1. The number of fused-ring (bicyclic) bond motifs is 1. The highest BCUT2D eigenvalue weighted by atomic mass is 32.2. The molecule has 1 aliphatic heterocycles. The predicted molar refractivity (Wildman–Crippen MR) is 118 cm³/mol. The quantitative estimate of drug-likeness (QED) is 0.580. The number of carbonyl (C=O) groups excluding carboxylic acids is 1. The van der Waals surface area contributed by atoms with Crippen LogP contribution in [-0.2, 0) is 32.7 Å². The van der Waals surface area contributed by atoms with Crippen LogP contribution in [0.2, 0.25) is 0 Å². The Bertz CT molecular complexity index is 1250. The van der Waals surface area contributed by atoms with Crippen LogP contribution in [0.1, 0.15) is 24.8 Å². The van der Waals surface area contributed by atoms with E-state index in [1.54, 1.807) is 0 Å². The molecule has 0 saturated carbocycles. The van der Waals surface area contributed by atoms with E-state index >= 15 is 0 Å². The number of aromatic nitrogens is 1. The van der Waals surface area contributed by atoms with E-state index in [1.165, 1.54) is 4.31 Å². The minimum Gasteiger partial charge on any atom is -0.481 e. The Morgan fingerprint density at radius 2 is 1.81 bits per heavy atom. The molecule has 0 spiro atoms. The Labute approximate surface area is 181 Å². The molecule has 7 nitrogen and oxygen atoms in total. The third kappa shape index (κ3) is 4.86. The number of sulfonamides is 1. The third-order valence-corrected chi connectivity index (χ3v) is 7.46. The van der Waals surface area contributed by atoms with Crippen molar-refractivity contribution in [2.75, 3.05) is 12.3 Å². The molecule has 1 aliphatic rings. The van der Waals surface area contributed by atoms with Gasteiger partial charge >= 0.3 is 5.97 Å². The second-order valence-corrected chi connectivity index (χ2v) is 9.94. The Morgan fingerprint density at radius 3 is 2.55 bits per heavy atom. The molecule has 1 fully saturated rings. The first-order valence-electron chi connectivity index (χ1n) is 10.2. The Kier molecular flexibility index (Phi) is 5.93. The summed E-state index contributed by atoms with van der Waals surface area (Å²) in [6.45, 7) is 1.06. The van der Waals surface area contributed by atoms with Gasteiger partial charge in [0.1, 0.15) is 0 Å². The molecule has 8 heteroatoms. The van der Waals surface area contributed by atoms with Gasteiger partial charge in [-0.3, -0.25) is 9.59 Å². The lowest BCUT2D eigenvalue weighted by Gasteiger charge is -2.15. The molecule has 1 N–H and O–H groups in total. The number of carboxylic acids is 1. The van der Waals surface area contributed by atoms with Gasteiger partial charge in [-0.05, 0) is 46.7 Å². The van der Waals surface area contributed by atoms with Crippen LogP contribution in [0.5, 0.6) is 0 Å². The summed E-state index contributed by atoms with van der Waals surface area (Å²) in [5, 5.41) is 9.76. The lowest BCUT2D eigenvalue weighted by atomic mass is 10.0. The molecule has 0 bridgehead atoms. The highest BCUT2D eigenvalue weighted by Crippen LogP contribution is 2.27. The second-order valence-electron chi connectivity index (χ2n) is 7.85. The monoisotopic (exact) mass is 440 g/mol. The van der Waals surface area contributed by atoms with Gasteiger partial charge in [-0.2, -0.15) is 4.31 Å². The van der Waals surface area contributed by atoms with E-state index in [1.807, 2.05) is 59.3 Å². The third-order valence-electron chi connectivity index (χ3n) is 5.56. The van der Waals surface area contributed by atoms with Gasteiger partial charge < -0.3 is 9.67 Å². The van der Waals surface area contributed by atoms with Gasteiger partial charge in [0.25, 0.3) is 0 Å². The number of aliphatic carboxylic acids is 1. The number of ketones is 1. The highest BCUT2D eigenvalue weighted by molar-refractivity contribution is 7.89. The van der Waals surface area contributed by atoms with Gasteiger partial charge in [0.2, 0.25) is 10.0 Å². The fourth-order valence-electron chi connectivity index (χ4n) is 3.94. The van der Waals surface area contributed by atoms with E-state index in [4.69, 9.17) is 5.11 Å².